The summed E-state index contributed by atoms with van der Waals surface area (Å²) in [6.07, 6.45) is 0.730. The van der Waals surface area contributed by atoms with Gasteiger partial charge < -0.3 is 14.9 Å². The van der Waals surface area contributed by atoms with Gasteiger partial charge in [-0.25, -0.2) is 0 Å². The molecule has 1 fully saturated rings. The van der Waals surface area contributed by atoms with Crippen molar-refractivity contribution in [2.24, 2.45) is 5.92 Å². The normalized spacial score (nSPS) is 35.2. The SMILES string of the molecule is CC(O)CC1COCCC1O. The van der Waals surface area contributed by atoms with Crippen molar-refractivity contribution in [1.82, 2.24) is 0 Å². The zero-order valence-electron chi connectivity index (χ0n) is 6.86. The summed E-state index contributed by atoms with van der Waals surface area (Å²) in [5.41, 5.74) is 0. The van der Waals surface area contributed by atoms with Crippen LogP contribution in [0.4, 0.5) is 0 Å². The molecule has 0 aromatic rings. The van der Waals surface area contributed by atoms with Crippen LogP contribution in [-0.2, 0) is 4.74 Å². The van der Waals surface area contributed by atoms with Crippen LogP contribution < -0.4 is 0 Å². The Kier molecular flexibility index (Phi) is 3.30. The van der Waals surface area contributed by atoms with Crippen LogP contribution >= 0.6 is 0 Å². The molecule has 1 rings (SSSR count). The maximum atomic E-state index is 9.43. The molecule has 0 radical (unpaired) electrons. The van der Waals surface area contributed by atoms with E-state index in [4.69, 9.17) is 9.84 Å². The summed E-state index contributed by atoms with van der Waals surface area (Å²) in [5.74, 6) is 0.128. The van der Waals surface area contributed by atoms with Crippen molar-refractivity contribution in [2.45, 2.75) is 32.0 Å². The van der Waals surface area contributed by atoms with E-state index in [1.165, 1.54) is 0 Å². The molecule has 1 saturated heterocycles. The second-order valence-electron chi connectivity index (χ2n) is 3.28. The lowest BCUT2D eigenvalue weighted by Gasteiger charge is -2.28. The van der Waals surface area contributed by atoms with E-state index < -0.39 is 0 Å². The summed E-state index contributed by atoms with van der Waals surface area (Å²) in [6.45, 7) is 2.98. The molecule has 2 N–H and O–H groups in total. The fraction of sp³-hybridized carbons (Fsp3) is 1.00. The molecular weight excluding hydrogens is 144 g/mol. The molecular formula is C8H16O3. The molecule has 0 spiro atoms. The predicted molar refractivity (Wildman–Crippen MR) is 41.2 cm³/mol. The Labute approximate surface area is 67.0 Å². The lowest BCUT2D eigenvalue weighted by molar-refractivity contribution is -0.0499. The van der Waals surface area contributed by atoms with Gasteiger partial charge in [-0.2, -0.15) is 0 Å². The lowest BCUT2D eigenvalue weighted by Crippen LogP contribution is -2.33. The van der Waals surface area contributed by atoms with E-state index >= 15 is 0 Å². The highest BCUT2D eigenvalue weighted by Gasteiger charge is 2.24. The van der Waals surface area contributed by atoms with Gasteiger partial charge in [0.2, 0.25) is 0 Å². The van der Waals surface area contributed by atoms with Gasteiger partial charge in [0.05, 0.1) is 18.8 Å². The third-order valence-corrected chi connectivity index (χ3v) is 2.08. The first kappa shape index (κ1) is 8.97. The summed E-state index contributed by atoms with van der Waals surface area (Å²) in [7, 11) is 0. The van der Waals surface area contributed by atoms with Gasteiger partial charge in [-0.1, -0.05) is 0 Å². The van der Waals surface area contributed by atoms with Crippen molar-refractivity contribution in [1.29, 1.82) is 0 Å². The first-order chi connectivity index (χ1) is 5.20. The lowest BCUT2D eigenvalue weighted by atomic mass is 9.93. The largest absolute Gasteiger partial charge is 0.393 e. The molecule has 11 heavy (non-hydrogen) atoms. The monoisotopic (exact) mass is 160 g/mol. The molecule has 0 aromatic carbocycles. The van der Waals surface area contributed by atoms with Crippen LogP contribution in [0.3, 0.4) is 0 Å². The number of hydrogen-bond donors (Lipinski definition) is 2. The van der Waals surface area contributed by atoms with Crippen molar-refractivity contribution in [3.63, 3.8) is 0 Å². The molecule has 66 valence electrons. The zero-order valence-corrected chi connectivity index (χ0v) is 6.86. The minimum atomic E-state index is -0.337. The number of aliphatic hydroxyl groups is 2. The first-order valence-corrected chi connectivity index (χ1v) is 4.14. The van der Waals surface area contributed by atoms with Gasteiger partial charge in [-0.05, 0) is 19.8 Å². The van der Waals surface area contributed by atoms with Crippen LogP contribution in [0.15, 0.2) is 0 Å². The number of rotatable bonds is 2. The average Bonchev–Trinajstić information content (AvgIpc) is 1.93. The quantitative estimate of drug-likeness (QED) is 0.604. The summed E-state index contributed by atoms with van der Waals surface area (Å²) >= 11 is 0. The van der Waals surface area contributed by atoms with Crippen LogP contribution in [0.1, 0.15) is 19.8 Å². The molecule has 1 aliphatic rings. The van der Waals surface area contributed by atoms with Gasteiger partial charge in [-0.3, -0.25) is 0 Å². The Bertz CT molecular complexity index is 114. The summed E-state index contributed by atoms with van der Waals surface area (Å²) in [6, 6.07) is 0. The van der Waals surface area contributed by atoms with Gasteiger partial charge in [0.15, 0.2) is 0 Å². The Hall–Kier alpha value is -0.120. The van der Waals surface area contributed by atoms with Crippen molar-refractivity contribution < 1.29 is 14.9 Å². The zero-order chi connectivity index (χ0) is 8.27. The number of aliphatic hydroxyl groups excluding tert-OH is 2. The van der Waals surface area contributed by atoms with Crippen LogP contribution in [0.5, 0.6) is 0 Å². The highest BCUT2D eigenvalue weighted by Crippen LogP contribution is 2.19. The van der Waals surface area contributed by atoms with Gasteiger partial charge in [0.1, 0.15) is 0 Å². The van der Waals surface area contributed by atoms with Crippen LogP contribution in [0, 0.1) is 5.92 Å². The third-order valence-electron chi connectivity index (χ3n) is 2.08. The van der Waals surface area contributed by atoms with Gasteiger partial charge in [-0.15, -0.1) is 0 Å². The molecule has 1 aliphatic heterocycles. The maximum absolute atomic E-state index is 9.43. The van der Waals surface area contributed by atoms with E-state index in [9.17, 15) is 5.11 Å². The second-order valence-corrected chi connectivity index (χ2v) is 3.28. The summed E-state index contributed by atoms with van der Waals surface area (Å²) < 4.78 is 5.18. The topological polar surface area (TPSA) is 49.7 Å². The highest BCUT2D eigenvalue weighted by molar-refractivity contribution is 4.73. The van der Waals surface area contributed by atoms with Crippen molar-refractivity contribution >= 4 is 0 Å². The van der Waals surface area contributed by atoms with Crippen LogP contribution in [-0.4, -0.2) is 35.6 Å². The van der Waals surface area contributed by atoms with E-state index in [0.29, 0.717) is 26.1 Å². The smallest absolute Gasteiger partial charge is 0.0613 e. The first-order valence-electron chi connectivity index (χ1n) is 4.14. The molecule has 3 nitrogen and oxygen atoms in total. The Balaban J connectivity index is 2.29. The van der Waals surface area contributed by atoms with E-state index in [2.05, 4.69) is 0 Å². The van der Waals surface area contributed by atoms with Gasteiger partial charge >= 0.3 is 0 Å². The van der Waals surface area contributed by atoms with Gasteiger partial charge in [0, 0.05) is 12.5 Å². The minimum Gasteiger partial charge on any atom is -0.393 e. The molecule has 0 aliphatic carbocycles. The highest BCUT2D eigenvalue weighted by atomic mass is 16.5. The number of hydrogen-bond acceptors (Lipinski definition) is 3. The minimum absolute atomic E-state index is 0.128. The molecule has 0 amide bonds. The molecule has 3 heteroatoms. The van der Waals surface area contributed by atoms with Crippen molar-refractivity contribution in [2.75, 3.05) is 13.2 Å². The Morgan fingerprint density at radius 2 is 2.36 bits per heavy atom. The second kappa shape index (κ2) is 4.04. The molecule has 0 aromatic heterocycles. The molecule has 3 unspecified atom stereocenters. The fourth-order valence-corrected chi connectivity index (χ4v) is 1.45. The Morgan fingerprint density at radius 1 is 1.64 bits per heavy atom. The van der Waals surface area contributed by atoms with Gasteiger partial charge in [0.25, 0.3) is 0 Å². The van der Waals surface area contributed by atoms with E-state index in [0.717, 1.165) is 0 Å². The van der Waals surface area contributed by atoms with Crippen molar-refractivity contribution in [3.8, 4) is 0 Å². The summed E-state index contributed by atoms with van der Waals surface area (Å²) in [5, 5.41) is 18.5. The predicted octanol–water partition coefficient (Wildman–Crippen LogP) is 0.155. The molecule has 3 atom stereocenters. The molecule has 0 bridgehead atoms. The molecule has 1 heterocycles. The average molecular weight is 160 g/mol. The summed E-state index contributed by atoms with van der Waals surface area (Å²) in [4.78, 5) is 0. The van der Waals surface area contributed by atoms with E-state index in [1.54, 1.807) is 6.92 Å². The van der Waals surface area contributed by atoms with Crippen LogP contribution in [0.25, 0.3) is 0 Å². The van der Waals surface area contributed by atoms with Crippen molar-refractivity contribution in [3.05, 3.63) is 0 Å². The maximum Gasteiger partial charge on any atom is 0.0613 e. The van der Waals surface area contributed by atoms with E-state index in [1.807, 2.05) is 0 Å². The standard InChI is InChI=1S/C8H16O3/c1-6(9)4-7-5-11-3-2-8(7)10/h6-10H,2-5H2,1H3. The Morgan fingerprint density at radius 3 is 2.91 bits per heavy atom. The molecule has 0 saturated carbocycles. The number of ether oxygens (including phenoxy) is 1. The van der Waals surface area contributed by atoms with Crippen LogP contribution in [0.2, 0.25) is 0 Å². The van der Waals surface area contributed by atoms with E-state index in [-0.39, 0.29) is 18.1 Å². The fourth-order valence-electron chi connectivity index (χ4n) is 1.45. The third kappa shape index (κ3) is 2.77.